The van der Waals surface area contributed by atoms with Crippen molar-refractivity contribution < 1.29 is 19.4 Å². The van der Waals surface area contributed by atoms with Crippen molar-refractivity contribution in [2.75, 3.05) is 6.61 Å². The Labute approximate surface area is 110 Å². The first-order valence-corrected chi connectivity index (χ1v) is 6.22. The summed E-state index contributed by atoms with van der Waals surface area (Å²) < 4.78 is 4.89. The Kier molecular flexibility index (Phi) is 12.8. The van der Waals surface area contributed by atoms with Crippen LogP contribution in [0.1, 0.15) is 53.9 Å². The highest BCUT2D eigenvalue weighted by Crippen LogP contribution is 2.11. The number of hydrogen-bond acceptors (Lipinski definition) is 3. The summed E-state index contributed by atoms with van der Waals surface area (Å²) in [7, 11) is 0. The van der Waals surface area contributed by atoms with Crippen molar-refractivity contribution in [1.82, 2.24) is 0 Å². The fourth-order valence-corrected chi connectivity index (χ4v) is 1.20. The molecular formula is C14H26O4. The van der Waals surface area contributed by atoms with Crippen LogP contribution in [-0.4, -0.2) is 23.7 Å². The smallest absolute Gasteiger partial charge is 0.302 e. The summed E-state index contributed by atoms with van der Waals surface area (Å²) in [5.74, 6) is -0.383. The van der Waals surface area contributed by atoms with Gasteiger partial charge in [0, 0.05) is 13.8 Å². The van der Waals surface area contributed by atoms with Crippen LogP contribution in [0.25, 0.3) is 0 Å². The Bertz CT molecular complexity index is 261. The molecule has 0 amide bonds. The molecule has 0 aromatic carbocycles. The van der Waals surface area contributed by atoms with Gasteiger partial charge in [-0.15, -0.1) is 0 Å². The van der Waals surface area contributed by atoms with Crippen LogP contribution >= 0.6 is 0 Å². The average Bonchev–Trinajstić information content (AvgIpc) is 2.15. The predicted octanol–water partition coefficient (Wildman–Crippen LogP) is 3.41. The van der Waals surface area contributed by atoms with E-state index in [1.54, 1.807) is 0 Å². The second kappa shape index (κ2) is 12.1. The third kappa shape index (κ3) is 24.1. The molecule has 1 atom stereocenters. The largest absolute Gasteiger partial charge is 0.481 e. The maximum atomic E-state index is 10.5. The van der Waals surface area contributed by atoms with Crippen LogP contribution in [-0.2, 0) is 14.3 Å². The van der Waals surface area contributed by atoms with Crippen molar-refractivity contribution in [1.29, 1.82) is 0 Å². The number of carbonyl (C=O) groups is 2. The number of aliphatic carboxylic acids is 1. The molecule has 4 heteroatoms. The van der Waals surface area contributed by atoms with E-state index in [2.05, 4.69) is 26.8 Å². The molecule has 0 rings (SSSR count). The standard InChI is InChI=1S/C12H22O2.C2H4O2/c1-10(2)6-5-7-11(3)8-9-14-12(4)13;1-2(3)4/h6,11H,5,7-9H2,1-4H3;1H3,(H,3,4). The lowest BCUT2D eigenvalue weighted by atomic mass is 10.0. The lowest BCUT2D eigenvalue weighted by Gasteiger charge is -2.09. The van der Waals surface area contributed by atoms with Crippen molar-refractivity contribution in [3.05, 3.63) is 11.6 Å². The Morgan fingerprint density at radius 2 is 1.67 bits per heavy atom. The van der Waals surface area contributed by atoms with Gasteiger partial charge in [0.15, 0.2) is 0 Å². The van der Waals surface area contributed by atoms with Crippen molar-refractivity contribution >= 4 is 11.9 Å². The number of hydrogen-bond donors (Lipinski definition) is 1. The number of rotatable bonds is 6. The fourth-order valence-electron chi connectivity index (χ4n) is 1.20. The molecule has 0 aromatic rings. The molecule has 0 bridgehead atoms. The van der Waals surface area contributed by atoms with Gasteiger partial charge in [-0.1, -0.05) is 18.6 Å². The van der Waals surface area contributed by atoms with Crippen LogP contribution in [0.15, 0.2) is 11.6 Å². The third-order valence-electron chi connectivity index (χ3n) is 2.13. The molecule has 0 fully saturated rings. The van der Waals surface area contributed by atoms with Gasteiger partial charge >= 0.3 is 5.97 Å². The summed E-state index contributed by atoms with van der Waals surface area (Å²) in [5.41, 5.74) is 1.37. The van der Waals surface area contributed by atoms with E-state index < -0.39 is 5.97 Å². The van der Waals surface area contributed by atoms with Gasteiger partial charge in [0.2, 0.25) is 0 Å². The van der Waals surface area contributed by atoms with Crippen LogP contribution in [0, 0.1) is 5.92 Å². The van der Waals surface area contributed by atoms with Gasteiger partial charge in [0.25, 0.3) is 5.97 Å². The van der Waals surface area contributed by atoms with Crippen LogP contribution in [0.5, 0.6) is 0 Å². The maximum Gasteiger partial charge on any atom is 0.302 e. The van der Waals surface area contributed by atoms with Crippen LogP contribution in [0.3, 0.4) is 0 Å². The molecule has 0 aliphatic carbocycles. The lowest BCUT2D eigenvalue weighted by molar-refractivity contribution is -0.141. The highest BCUT2D eigenvalue weighted by molar-refractivity contribution is 5.65. The Morgan fingerprint density at radius 3 is 2.06 bits per heavy atom. The SMILES string of the molecule is CC(=O)O.CC(=O)OCCC(C)CCC=C(C)C. The number of esters is 1. The van der Waals surface area contributed by atoms with Crippen molar-refractivity contribution in [2.24, 2.45) is 5.92 Å². The second-order valence-corrected chi connectivity index (χ2v) is 4.61. The summed E-state index contributed by atoms with van der Waals surface area (Å²) >= 11 is 0. The molecular weight excluding hydrogens is 232 g/mol. The summed E-state index contributed by atoms with van der Waals surface area (Å²) in [6.07, 6.45) is 5.52. The number of ether oxygens (including phenoxy) is 1. The van der Waals surface area contributed by atoms with Gasteiger partial charge in [-0.2, -0.15) is 0 Å². The molecule has 1 unspecified atom stereocenters. The number of allylic oxidation sites excluding steroid dienone is 2. The van der Waals surface area contributed by atoms with Gasteiger partial charge in [-0.25, -0.2) is 0 Å². The quantitative estimate of drug-likeness (QED) is 0.585. The Hall–Kier alpha value is -1.32. The fraction of sp³-hybridized carbons (Fsp3) is 0.714. The minimum Gasteiger partial charge on any atom is -0.481 e. The molecule has 0 saturated heterocycles. The van der Waals surface area contributed by atoms with Gasteiger partial charge in [-0.05, 0) is 39.0 Å². The minimum absolute atomic E-state index is 0.179. The molecule has 1 N–H and O–H groups in total. The minimum atomic E-state index is -0.833. The molecule has 0 aromatic heterocycles. The number of carbonyl (C=O) groups excluding carboxylic acids is 1. The normalized spacial score (nSPS) is 10.7. The van der Waals surface area contributed by atoms with E-state index in [0.717, 1.165) is 19.8 Å². The van der Waals surface area contributed by atoms with Crippen LogP contribution in [0.4, 0.5) is 0 Å². The number of carboxylic acid groups (broad SMARTS) is 1. The molecule has 4 nitrogen and oxygen atoms in total. The molecule has 0 radical (unpaired) electrons. The predicted molar refractivity (Wildman–Crippen MR) is 72.4 cm³/mol. The van der Waals surface area contributed by atoms with Gasteiger partial charge in [0.1, 0.15) is 0 Å². The molecule has 0 spiro atoms. The first-order valence-electron chi connectivity index (χ1n) is 6.22. The summed E-state index contributed by atoms with van der Waals surface area (Å²) in [5, 5.41) is 7.42. The zero-order valence-corrected chi connectivity index (χ0v) is 12.2. The first kappa shape index (κ1) is 19.0. The van der Waals surface area contributed by atoms with Crippen LogP contribution in [0.2, 0.25) is 0 Å². The van der Waals surface area contributed by atoms with Crippen LogP contribution < -0.4 is 0 Å². The molecule has 0 heterocycles. The van der Waals surface area contributed by atoms with Gasteiger partial charge < -0.3 is 9.84 Å². The topological polar surface area (TPSA) is 63.6 Å². The zero-order valence-electron chi connectivity index (χ0n) is 12.2. The Morgan fingerprint density at radius 1 is 1.17 bits per heavy atom. The average molecular weight is 258 g/mol. The molecule has 0 saturated carbocycles. The summed E-state index contributed by atoms with van der Waals surface area (Å²) in [6.45, 7) is 9.52. The monoisotopic (exact) mass is 258 g/mol. The third-order valence-corrected chi connectivity index (χ3v) is 2.13. The van der Waals surface area contributed by atoms with E-state index >= 15 is 0 Å². The van der Waals surface area contributed by atoms with E-state index in [4.69, 9.17) is 14.6 Å². The van der Waals surface area contributed by atoms with Crippen molar-refractivity contribution in [2.45, 2.75) is 53.9 Å². The number of carboxylic acids is 1. The van der Waals surface area contributed by atoms with E-state index in [0.29, 0.717) is 12.5 Å². The molecule has 106 valence electrons. The highest BCUT2D eigenvalue weighted by Gasteiger charge is 2.01. The van der Waals surface area contributed by atoms with E-state index in [1.807, 2.05) is 0 Å². The molecule has 0 aliphatic rings. The van der Waals surface area contributed by atoms with E-state index in [1.165, 1.54) is 18.9 Å². The summed E-state index contributed by atoms with van der Waals surface area (Å²) in [6, 6.07) is 0. The van der Waals surface area contributed by atoms with Crippen molar-refractivity contribution in [3.63, 3.8) is 0 Å². The Balaban J connectivity index is 0. The van der Waals surface area contributed by atoms with E-state index in [-0.39, 0.29) is 5.97 Å². The van der Waals surface area contributed by atoms with E-state index in [9.17, 15) is 4.79 Å². The first-order chi connectivity index (χ1) is 8.25. The lowest BCUT2D eigenvalue weighted by Crippen LogP contribution is -2.05. The van der Waals surface area contributed by atoms with Gasteiger partial charge in [-0.3, -0.25) is 9.59 Å². The highest BCUT2D eigenvalue weighted by atomic mass is 16.5. The van der Waals surface area contributed by atoms with Gasteiger partial charge in [0.05, 0.1) is 6.61 Å². The maximum absolute atomic E-state index is 10.5. The second-order valence-electron chi connectivity index (χ2n) is 4.61. The molecule has 18 heavy (non-hydrogen) atoms. The zero-order chi connectivity index (χ0) is 14.6. The summed E-state index contributed by atoms with van der Waals surface area (Å²) in [4.78, 5) is 19.5. The molecule has 0 aliphatic heterocycles. The van der Waals surface area contributed by atoms with Crippen molar-refractivity contribution in [3.8, 4) is 0 Å².